The molecule has 0 amide bonds. The van der Waals surface area contributed by atoms with Gasteiger partial charge in [-0.1, -0.05) is 55.4 Å². The minimum Gasteiger partial charge on any atom is -0.389 e. The number of nitrogens with one attached hydrogen (secondary N) is 1. The van der Waals surface area contributed by atoms with Gasteiger partial charge in [0.15, 0.2) is 6.61 Å². The van der Waals surface area contributed by atoms with Gasteiger partial charge in [-0.3, -0.25) is 4.98 Å². The van der Waals surface area contributed by atoms with Crippen LogP contribution in [0, 0.1) is 12.3 Å². The molecule has 0 unspecified atom stereocenters. The minimum atomic E-state index is 0. The van der Waals surface area contributed by atoms with Crippen molar-refractivity contribution in [1.82, 2.24) is 11.1 Å². The number of benzene rings is 1. The number of aryl methyl sites for hydroxylation is 1. The third kappa shape index (κ3) is 9.34. The van der Waals surface area contributed by atoms with Crippen LogP contribution in [0.5, 0.6) is 0 Å². The Labute approximate surface area is 151 Å². The van der Waals surface area contributed by atoms with Crippen LogP contribution in [0.15, 0.2) is 53.7 Å². The number of pyridine rings is 1. The van der Waals surface area contributed by atoms with Crippen molar-refractivity contribution in [3.05, 3.63) is 65.5 Å². The van der Waals surface area contributed by atoms with Crippen molar-refractivity contribution >= 4 is 11.4 Å². The second kappa shape index (κ2) is 15.0. The van der Waals surface area contributed by atoms with Gasteiger partial charge in [-0.05, 0) is 33.0 Å². The topological polar surface area (TPSA) is 119 Å². The standard InChI is InChI=1S/C16H17N3O.C2H6.CH5N.H3N/c1-12-7-6-10-15(18-12)11-20-19-16(13(2)17)14-8-4-3-5-9-14;2*1-2;/h3-10,17H,11H2,1-2H3;1-2H3;2H2,1H3;1H3/b17-13?,19-16+;;;. The highest BCUT2D eigenvalue weighted by atomic mass is 16.6. The van der Waals surface area contributed by atoms with Crippen molar-refractivity contribution in [1.29, 1.82) is 5.41 Å². The number of hydrogen-bond donors (Lipinski definition) is 3. The van der Waals surface area contributed by atoms with E-state index in [1.807, 2.05) is 69.3 Å². The molecule has 6 nitrogen and oxygen atoms in total. The van der Waals surface area contributed by atoms with Crippen LogP contribution in [0.1, 0.15) is 37.7 Å². The molecule has 25 heavy (non-hydrogen) atoms. The molecule has 0 aliphatic heterocycles. The molecule has 0 spiro atoms. The average molecular weight is 345 g/mol. The molecule has 2 rings (SSSR count). The summed E-state index contributed by atoms with van der Waals surface area (Å²) >= 11 is 0. The summed E-state index contributed by atoms with van der Waals surface area (Å²) in [6, 6.07) is 15.3. The highest BCUT2D eigenvalue weighted by Gasteiger charge is 2.06. The molecule has 0 aliphatic rings. The zero-order valence-electron chi connectivity index (χ0n) is 15.9. The summed E-state index contributed by atoms with van der Waals surface area (Å²) in [5.41, 5.74) is 8.05. The van der Waals surface area contributed by atoms with E-state index in [0.717, 1.165) is 17.0 Å². The fraction of sp³-hybridized carbons (Fsp3) is 0.316. The van der Waals surface area contributed by atoms with Gasteiger partial charge in [0.25, 0.3) is 0 Å². The lowest BCUT2D eigenvalue weighted by molar-refractivity contribution is 0.128. The largest absolute Gasteiger partial charge is 0.389 e. The Morgan fingerprint density at radius 1 is 1.08 bits per heavy atom. The van der Waals surface area contributed by atoms with Crippen molar-refractivity contribution in [3.63, 3.8) is 0 Å². The van der Waals surface area contributed by atoms with E-state index in [1.165, 1.54) is 7.05 Å². The SMILES string of the molecule is CC.CC(=N)/C(=N\OCc1cccc(C)n1)c1ccccc1.CN.N. The Morgan fingerprint density at radius 2 is 1.68 bits per heavy atom. The molecule has 0 aliphatic carbocycles. The van der Waals surface area contributed by atoms with E-state index >= 15 is 0 Å². The molecule has 0 bridgehead atoms. The van der Waals surface area contributed by atoms with Crippen LogP contribution in [0.4, 0.5) is 0 Å². The van der Waals surface area contributed by atoms with Crippen LogP contribution in [0.3, 0.4) is 0 Å². The molecule has 138 valence electrons. The van der Waals surface area contributed by atoms with Crippen molar-refractivity contribution in [3.8, 4) is 0 Å². The van der Waals surface area contributed by atoms with E-state index < -0.39 is 0 Å². The Bertz CT molecular complexity index is 627. The molecule has 6 N–H and O–H groups in total. The van der Waals surface area contributed by atoms with Gasteiger partial charge in [-0.15, -0.1) is 0 Å². The molecule has 2 aromatic rings. The predicted molar refractivity (Wildman–Crippen MR) is 107 cm³/mol. The van der Waals surface area contributed by atoms with Crippen LogP contribution in [-0.4, -0.2) is 23.5 Å². The van der Waals surface area contributed by atoms with Crippen LogP contribution < -0.4 is 11.9 Å². The summed E-state index contributed by atoms with van der Waals surface area (Å²) in [6.45, 7) is 7.93. The molecule has 0 fully saturated rings. The maximum atomic E-state index is 7.78. The third-order valence-electron chi connectivity index (χ3n) is 2.72. The van der Waals surface area contributed by atoms with Crippen molar-refractivity contribution in [2.45, 2.75) is 34.3 Å². The quantitative estimate of drug-likeness (QED) is 0.558. The van der Waals surface area contributed by atoms with Gasteiger partial charge in [0, 0.05) is 11.3 Å². The average Bonchev–Trinajstić information content (AvgIpc) is 2.63. The van der Waals surface area contributed by atoms with Gasteiger partial charge in [-0.2, -0.15) is 0 Å². The van der Waals surface area contributed by atoms with E-state index in [9.17, 15) is 0 Å². The number of nitrogens with zero attached hydrogens (tertiary/aromatic N) is 2. The third-order valence-corrected chi connectivity index (χ3v) is 2.72. The van der Waals surface area contributed by atoms with Crippen molar-refractivity contribution in [2.75, 3.05) is 7.05 Å². The van der Waals surface area contributed by atoms with Gasteiger partial charge < -0.3 is 22.1 Å². The molecule has 1 aromatic carbocycles. The summed E-state index contributed by atoms with van der Waals surface area (Å²) in [5.74, 6) is 0. The van der Waals surface area contributed by atoms with Crippen LogP contribution >= 0.6 is 0 Å². The highest BCUT2D eigenvalue weighted by molar-refractivity contribution is 6.46. The molecule has 0 radical (unpaired) electrons. The fourth-order valence-corrected chi connectivity index (χ4v) is 1.78. The second-order valence-corrected chi connectivity index (χ2v) is 4.47. The number of oxime groups is 1. The molecule has 1 heterocycles. The lowest BCUT2D eigenvalue weighted by atomic mass is 10.1. The molecule has 0 saturated heterocycles. The molecular weight excluding hydrogens is 314 g/mol. The smallest absolute Gasteiger partial charge is 0.159 e. The summed E-state index contributed by atoms with van der Waals surface area (Å²) < 4.78 is 0. The molecular formula is C19H31N5O. The van der Waals surface area contributed by atoms with E-state index in [2.05, 4.69) is 15.9 Å². The van der Waals surface area contributed by atoms with Gasteiger partial charge in [0.2, 0.25) is 0 Å². The monoisotopic (exact) mass is 345 g/mol. The molecule has 6 heteroatoms. The predicted octanol–water partition coefficient (Wildman–Crippen LogP) is 4.11. The normalized spacial score (nSPS) is 9.44. The van der Waals surface area contributed by atoms with Crippen LogP contribution in [-0.2, 0) is 11.4 Å². The van der Waals surface area contributed by atoms with E-state index in [-0.39, 0.29) is 6.15 Å². The number of aromatic nitrogens is 1. The Kier molecular flexibility index (Phi) is 14.8. The first-order valence-electron chi connectivity index (χ1n) is 7.98. The summed E-state index contributed by atoms with van der Waals surface area (Å²) in [4.78, 5) is 9.68. The lowest BCUT2D eigenvalue weighted by Gasteiger charge is -2.05. The van der Waals surface area contributed by atoms with Gasteiger partial charge in [0.1, 0.15) is 5.71 Å². The van der Waals surface area contributed by atoms with Crippen molar-refractivity contribution < 1.29 is 4.84 Å². The van der Waals surface area contributed by atoms with Gasteiger partial charge >= 0.3 is 0 Å². The summed E-state index contributed by atoms with van der Waals surface area (Å²) in [7, 11) is 1.50. The van der Waals surface area contributed by atoms with E-state index in [1.54, 1.807) is 6.92 Å². The first-order valence-corrected chi connectivity index (χ1v) is 7.98. The Morgan fingerprint density at radius 3 is 2.20 bits per heavy atom. The first-order chi connectivity index (χ1) is 11.7. The summed E-state index contributed by atoms with van der Waals surface area (Å²) in [5, 5.41) is 11.9. The number of rotatable bonds is 5. The summed E-state index contributed by atoms with van der Waals surface area (Å²) in [6.07, 6.45) is 0. The highest BCUT2D eigenvalue weighted by Crippen LogP contribution is 2.05. The molecule has 0 saturated carbocycles. The zero-order chi connectivity index (χ0) is 18.4. The maximum absolute atomic E-state index is 7.78. The van der Waals surface area contributed by atoms with Crippen LogP contribution in [0.25, 0.3) is 0 Å². The maximum Gasteiger partial charge on any atom is 0.159 e. The van der Waals surface area contributed by atoms with E-state index in [0.29, 0.717) is 18.0 Å². The molecule has 0 atom stereocenters. The number of hydrogen-bond acceptors (Lipinski definition) is 6. The minimum absolute atomic E-state index is 0. The van der Waals surface area contributed by atoms with Gasteiger partial charge in [-0.25, -0.2) is 0 Å². The molecule has 1 aromatic heterocycles. The van der Waals surface area contributed by atoms with Gasteiger partial charge in [0.05, 0.1) is 11.4 Å². The Hall–Kier alpha value is -2.57. The van der Waals surface area contributed by atoms with Crippen molar-refractivity contribution in [2.24, 2.45) is 10.9 Å². The fourth-order valence-electron chi connectivity index (χ4n) is 1.78. The lowest BCUT2D eigenvalue weighted by Crippen LogP contribution is -2.11. The van der Waals surface area contributed by atoms with E-state index in [4.69, 9.17) is 10.2 Å². The first kappa shape index (κ1) is 24.7. The Balaban J connectivity index is 0. The zero-order valence-corrected chi connectivity index (χ0v) is 15.9. The van der Waals surface area contributed by atoms with Crippen LogP contribution in [0.2, 0.25) is 0 Å². The number of nitrogens with two attached hydrogens (primary N) is 1. The second-order valence-electron chi connectivity index (χ2n) is 4.47.